The Bertz CT molecular complexity index is 468. The second kappa shape index (κ2) is 6.42. The second-order valence-corrected chi connectivity index (χ2v) is 6.45. The highest BCUT2D eigenvalue weighted by atomic mass is 35.5. The van der Waals surface area contributed by atoms with Crippen LogP contribution in [0.15, 0.2) is 18.2 Å². The molecule has 1 aromatic carbocycles. The van der Waals surface area contributed by atoms with Gasteiger partial charge in [-0.3, -0.25) is 0 Å². The largest absolute Gasteiger partial charge is 0.377 e. The smallest absolute Gasteiger partial charge is 0.127 e. The number of halogens is 2. The van der Waals surface area contributed by atoms with Crippen molar-refractivity contribution < 1.29 is 9.13 Å². The molecule has 2 nitrogen and oxygen atoms in total. The lowest BCUT2D eigenvalue weighted by atomic mass is 9.73. The van der Waals surface area contributed by atoms with Crippen LogP contribution in [0.1, 0.15) is 38.2 Å². The van der Waals surface area contributed by atoms with Gasteiger partial charge < -0.3 is 10.5 Å². The van der Waals surface area contributed by atoms with Crippen molar-refractivity contribution >= 4 is 11.6 Å². The number of benzene rings is 1. The zero-order valence-electron chi connectivity index (χ0n) is 12.2. The summed E-state index contributed by atoms with van der Waals surface area (Å²) >= 11 is 5.78. The summed E-state index contributed by atoms with van der Waals surface area (Å²) in [7, 11) is 1.72. The molecule has 20 heavy (non-hydrogen) atoms. The van der Waals surface area contributed by atoms with Crippen LogP contribution in [-0.4, -0.2) is 18.8 Å². The van der Waals surface area contributed by atoms with E-state index in [9.17, 15) is 4.39 Å². The highest BCUT2D eigenvalue weighted by molar-refractivity contribution is 6.30. The van der Waals surface area contributed by atoms with Gasteiger partial charge in [0.25, 0.3) is 0 Å². The third-order valence-corrected chi connectivity index (χ3v) is 4.76. The molecule has 0 amide bonds. The average molecular weight is 300 g/mol. The molecule has 4 heteroatoms. The summed E-state index contributed by atoms with van der Waals surface area (Å²) in [5.74, 6) is 0.313. The van der Waals surface area contributed by atoms with Crippen molar-refractivity contribution in [1.82, 2.24) is 0 Å². The molecular formula is C16H23ClFNO. The minimum atomic E-state index is -0.330. The molecular weight excluding hydrogens is 277 g/mol. The van der Waals surface area contributed by atoms with Gasteiger partial charge in [-0.15, -0.1) is 0 Å². The van der Waals surface area contributed by atoms with E-state index < -0.39 is 0 Å². The van der Waals surface area contributed by atoms with Crippen LogP contribution < -0.4 is 5.73 Å². The molecule has 0 bridgehead atoms. The van der Waals surface area contributed by atoms with Gasteiger partial charge in [0.1, 0.15) is 5.82 Å². The molecule has 1 aliphatic rings. The zero-order valence-corrected chi connectivity index (χ0v) is 12.9. The highest BCUT2D eigenvalue weighted by Crippen LogP contribution is 2.37. The van der Waals surface area contributed by atoms with E-state index in [0.717, 1.165) is 19.3 Å². The first-order valence-corrected chi connectivity index (χ1v) is 7.59. The summed E-state index contributed by atoms with van der Waals surface area (Å²) < 4.78 is 19.7. The van der Waals surface area contributed by atoms with Crippen LogP contribution >= 0.6 is 11.6 Å². The van der Waals surface area contributed by atoms with Crippen LogP contribution in [0.3, 0.4) is 0 Å². The molecule has 3 unspecified atom stereocenters. The molecule has 0 aliphatic heterocycles. The standard InChI is InChI=1S/C16H23ClFNO/c1-11-4-3-7-16(10-11,20-2)15(19)8-12-5-6-13(17)9-14(12)18/h5-6,9,11,15H,3-4,7-8,10,19H2,1-2H3. The maximum atomic E-state index is 13.9. The van der Waals surface area contributed by atoms with Gasteiger partial charge in [-0.25, -0.2) is 4.39 Å². The lowest BCUT2D eigenvalue weighted by molar-refractivity contribution is -0.0706. The molecule has 3 atom stereocenters. The first-order valence-electron chi connectivity index (χ1n) is 7.21. The maximum Gasteiger partial charge on any atom is 0.127 e. The number of hydrogen-bond donors (Lipinski definition) is 1. The first kappa shape index (κ1) is 15.7. The number of ether oxygens (including phenoxy) is 1. The van der Waals surface area contributed by atoms with Gasteiger partial charge in [0, 0.05) is 18.2 Å². The highest BCUT2D eigenvalue weighted by Gasteiger charge is 2.40. The number of hydrogen-bond acceptors (Lipinski definition) is 2. The van der Waals surface area contributed by atoms with E-state index in [1.54, 1.807) is 19.2 Å². The Morgan fingerprint density at radius 3 is 2.90 bits per heavy atom. The van der Waals surface area contributed by atoms with Gasteiger partial charge in [-0.2, -0.15) is 0 Å². The van der Waals surface area contributed by atoms with Crippen molar-refractivity contribution in [3.63, 3.8) is 0 Å². The molecule has 2 rings (SSSR count). The van der Waals surface area contributed by atoms with Crippen molar-refractivity contribution in [2.45, 2.75) is 50.7 Å². The van der Waals surface area contributed by atoms with E-state index in [1.807, 2.05) is 0 Å². The lowest BCUT2D eigenvalue weighted by Crippen LogP contribution is -2.53. The maximum absolute atomic E-state index is 13.9. The van der Waals surface area contributed by atoms with E-state index in [0.29, 0.717) is 22.9 Å². The third kappa shape index (κ3) is 3.33. The predicted molar refractivity (Wildman–Crippen MR) is 80.5 cm³/mol. The van der Waals surface area contributed by atoms with Gasteiger partial charge in [-0.05, 0) is 42.9 Å². The molecule has 1 fully saturated rings. The van der Waals surface area contributed by atoms with Crippen LogP contribution in [0.25, 0.3) is 0 Å². The summed E-state index contributed by atoms with van der Waals surface area (Å²) in [5.41, 5.74) is 6.65. The molecule has 0 saturated heterocycles. The molecule has 0 aromatic heterocycles. The van der Waals surface area contributed by atoms with E-state index >= 15 is 0 Å². The Morgan fingerprint density at radius 1 is 1.55 bits per heavy atom. The van der Waals surface area contributed by atoms with Crippen LogP contribution in [0.4, 0.5) is 4.39 Å². The third-order valence-electron chi connectivity index (χ3n) is 4.53. The monoisotopic (exact) mass is 299 g/mol. The Kier molecular flexibility index (Phi) is 5.05. The Labute approximate surface area is 125 Å². The summed E-state index contributed by atoms with van der Waals surface area (Å²) in [5, 5.41) is 0.410. The Morgan fingerprint density at radius 2 is 2.30 bits per heavy atom. The molecule has 1 aliphatic carbocycles. The number of methoxy groups -OCH3 is 1. The van der Waals surface area contributed by atoms with Crippen LogP contribution in [0, 0.1) is 11.7 Å². The fourth-order valence-corrected chi connectivity index (χ4v) is 3.49. The van der Waals surface area contributed by atoms with Crippen molar-refractivity contribution in [3.8, 4) is 0 Å². The summed E-state index contributed by atoms with van der Waals surface area (Å²) in [4.78, 5) is 0. The van der Waals surface area contributed by atoms with E-state index in [-0.39, 0.29) is 17.5 Å². The summed E-state index contributed by atoms with van der Waals surface area (Å²) in [6.07, 6.45) is 4.70. The Hall–Kier alpha value is -0.640. The zero-order chi connectivity index (χ0) is 14.8. The first-order chi connectivity index (χ1) is 9.47. The van der Waals surface area contributed by atoms with Crippen LogP contribution in [0.2, 0.25) is 5.02 Å². The van der Waals surface area contributed by atoms with Crippen molar-refractivity contribution in [3.05, 3.63) is 34.6 Å². The van der Waals surface area contributed by atoms with Gasteiger partial charge in [0.05, 0.1) is 5.60 Å². The SMILES string of the molecule is COC1(C(N)Cc2ccc(Cl)cc2F)CCCC(C)C1. The molecule has 0 spiro atoms. The van der Waals surface area contributed by atoms with Crippen molar-refractivity contribution in [1.29, 1.82) is 0 Å². The van der Waals surface area contributed by atoms with Crippen molar-refractivity contribution in [2.75, 3.05) is 7.11 Å². The second-order valence-electron chi connectivity index (χ2n) is 6.02. The number of rotatable bonds is 4. The van der Waals surface area contributed by atoms with Crippen LogP contribution in [-0.2, 0) is 11.2 Å². The van der Waals surface area contributed by atoms with Gasteiger partial charge in [0.2, 0.25) is 0 Å². The fraction of sp³-hybridized carbons (Fsp3) is 0.625. The minimum Gasteiger partial charge on any atom is -0.377 e. The molecule has 1 saturated carbocycles. The summed E-state index contributed by atoms with van der Waals surface area (Å²) in [6, 6.07) is 4.56. The number of nitrogens with two attached hydrogens (primary N) is 1. The van der Waals surface area contributed by atoms with Crippen molar-refractivity contribution in [2.24, 2.45) is 11.7 Å². The molecule has 0 heterocycles. The normalized spacial score (nSPS) is 28.4. The fourth-order valence-electron chi connectivity index (χ4n) is 3.33. The van der Waals surface area contributed by atoms with Gasteiger partial charge >= 0.3 is 0 Å². The quantitative estimate of drug-likeness (QED) is 0.914. The van der Waals surface area contributed by atoms with E-state index in [4.69, 9.17) is 22.1 Å². The lowest BCUT2D eigenvalue weighted by Gasteiger charge is -2.43. The van der Waals surface area contributed by atoms with E-state index in [1.165, 1.54) is 12.5 Å². The topological polar surface area (TPSA) is 35.2 Å². The molecule has 112 valence electrons. The van der Waals surface area contributed by atoms with Gasteiger partial charge in [-0.1, -0.05) is 37.4 Å². The molecule has 1 aromatic rings. The molecule has 2 N–H and O–H groups in total. The minimum absolute atomic E-state index is 0.203. The predicted octanol–water partition coefficient (Wildman–Crippen LogP) is 3.94. The van der Waals surface area contributed by atoms with Crippen LogP contribution in [0.5, 0.6) is 0 Å². The van der Waals surface area contributed by atoms with E-state index in [2.05, 4.69) is 6.92 Å². The average Bonchev–Trinajstić information content (AvgIpc) is 2.41. The Balaban J connectivity index is 2.14. The summed E-state index contributed by atoms with van der Waals surface area (Å²) in [6.45, 7) is 2.22. The van der Waals surface area contributed by atoms with Gasteiger partial charge in [0.15, 0.2) is 0 Å². The molecule has 0 radical (unpaired) electrons.